The second-order valence-corrected chi connectivity index (χ2v) is 4.83. The van der Waals surface area contributed by atoms with Gasteiger partial charge in [0.2, 0.25) is 5.91 Å². The van der Waals surface area contributed by atoms with E-state index >= 15 is 0 Å². The molecule has 0 aromatic heterocycles. The molecule has 1 aliphatic rings. The fourth-order valence-electron chi connectivity index (χ4n) is 1.61. The second-order valence-electron chi connectivity index (χ2n) is 4.01. The summed E-state index contributed by atoms with van der Waals surface area (Å²) in [5.74, 6) is -0.239. The summed E-state index contributed by atoms with van der Waals surface area (Å²) < 4.78 is 5.01. The van der Waals surface area contributed by atoms with Crippen LogP contribution in [0.5, 0.6) is 5.75 Å². The summed E-state index contributed by atoms with van der Waals surface area (Å²) in [6.45, 7) is 0. The van der Waals surface area contributed by atoms with Crippen molar-refractivity contribution in [3.8, 4) is 5.75 Å². The third kappa shape index (κ3) is 3.20. The summed E-state index contributed by atoms with van der Waals surface area (Å²) in [5, 5.41) is 6.91. The van der Waals surface area contributed by atoms with Gasteiger partial charge in [-0.15, -0.1) is 0 Å². The molecule has 1 aliphatic heterocycles. The third-order valence-corrected chi connectivity index (χ3v) is 3.26. The normalized spacial score (nSPS) is 14.3. The molecule has 106 valence electrons. The van der Waals surface area contributed by atoms with Crippen LogP contribution >= 0.6 is 23.2 Å². The SMILES string of the molecule is COc1cc(Cl)c(NC(=O)C2=NNC(=O)CC2)cc1Cl. The molecule has 0 bridgehead atoms. The van der Waals surface area contributed by atoms with Crippen molar-refractivity contribution in [2.24, 2.45) is 5.10 Å². The number of hydrogen-bond donors (Lipinski definition) is 2. The number of methoxy groups -OCH3 is 1. The molecule has 2 N–H and O–H groups in total. The highest BCUT2D eigenvalue weighted by atomic mass is 35.5. The number of amides is 2. The Balaban J connectivity index is 2.16. The van der Waals surface area contributed by atoms with Gasteiger partial charge >= 0.3 is 0 Å². The Morgan fingerprint density at radius 1 is 1.35 bits per heavy atom. The summed E-state index contributed by atoms with van der Waals surface area (Å²) in [5.41, 5.74) is 2.83. The molecule has 2 amide bonds. The zero-order valence-electron chi connectivity index (χ0n) is 10.5. The van der Waals surface area contributed by atoms with Crippen molar-refractivity contribution in [1.82, 2.24) is 5.43 Å². The smallest absolute Gasteiger partial charge is 0.271 e. The predicted octanol–water partition coefficient (Wildman–Crippen LogP) is 2.21. The molecule has 0 atom stereocenters. The van der Waals surface area contributed by atoms with Gasteiger partial charge in [-0.05, 0) is 6.07 Å². The fraction of sp³-hybridized carbons (Fsp3) is 0.250. The quantitative estimate of drug-likeness (QED) is 0.897. The number of nitrogens with zero attached hydrogens (tertiary/aromatic N) is 1. The van der Waals surface area contributed by atoms with Crippen LogP contribution in [0.4, 0.5) is 5.69 Å². The van der Waals surface area contributed by atoms with Gasteiger partial charge in [0.05, 0.1) is 22.8 Å². The van der Waals surface area contributed by atoms with E-state index in [0.29, 0.717) is 21.5 Å². The van der Waals surface area contributed by atoms with Crippen LogP contribution in [0.25, 0.3) is 0 Å². The molecule has 1 aromatic rings. The first kappa shape index (κ1) is 14.6. The maximum atomic E-state index is 12.0. The van der Waals surface area contributed by atoms with Gasteiger partial charge in [-0.1, -0.05) is 23.2 Å². The number of benzene rings is 1. The average molecular weight is 316 g/mol. The van der Waals surface area contributed by atoms with E-state index in [1.165, 1.54) is 19.2 Å². The van der Waals surface area contributed by atoms with Gasteiger partial charge in [-0.25, -0.2) is 5.43 Å². The molecule has 20 heavy (non-hydrogen) atoms. The maximum Gasteiger partial charge on any atom is 0.271 e. The molecule has 0 fully saturated rings. The Hall–Kier alpha value is -1.79. The average Bonchev–Trinajstić information content (AvgIpc) is 2.43. The van der Waals surface area contributed by atoms with Crippen molar-refractivity contribution in [3.05, 3.63) is 22.2 Å². The third-order valence-electron chi connectivity index (χ3n) is 2.66. The summed E-state index contributed by atoms with van der Waals surface area (Å²) in [7, 11) is 1.47. The van der Waals surface area contributed by atoms with Crippen LogP contribution in [0.1, 0.15) is 12.8 Å². The molecule has 0 radical (unpaired) electrons. The summed E-state index contributed by atoms with van der Waals surface area (Å²) >= 11 is 12.0. The molecule has 1 aromatic carbocycles. The predicted molar refractivity (Wildman–Crippen MR) is 76.5 cm³/mol. The Morgan fingerprint density at radius 2 is 2.10 bits per heavy atom. The molecular weight excluding hydrogens is 305 g/mol. The molecule has 6 nitrogen and oxygen atoms in total. The van der Waals surface area contributed by atoms with E-state index in [-0.39, 0.29) is 24.5 Å². The summed E-state index contributed by atoms with van der Waals surface area (Å²) in [6.07, 6.45) is 0.503. The molecule has 2 rings (SSSR count). The van der Waals surface area contributed by atoms with Gasteiger partial charge in [-0.2, -0.15) is 5.10 Å². The monoisotopic (exact) mass is 315 g/mol. The Morgan fingerprint density at radius 3 is 2.70 bits per heavy atom. The molecule has 0 saturated heterocycles. The zero-order chi connectivity index (χ0) is 14.7. The van der Waals surface area contributed by atoms with Gasteiger partial charge in [0.1, 0.15) is 11.5 Å². The number of hydrazone groups is 1. The Labute approximate surface area is 125 Å². The lowest BCUT2D eigenvalue weighted by molar-refractivity contribution is -0.121. The molecular formula is C12H11Cl2N3O3. The van der Waals surface area contributed by atoms with Gasteiger partial charge in [0, 0.05) is 18.9 Å². The van der Waals surface area contributed by atoms with Gasteiger partial charge in [0.25, 0.3) is 5.91 Å². The molecule has 8 heteroatoms. The van der Waals surface area contributed by atoms with E-state index in [4.69, 9.17) is 27.9 Å². The van der Waals surface area contributed by atoms with E-state index in [2.05, 4.69) is 15.8 Å². The van der Waals surface area contributed by atoms with Crippen molar-refractivity contribution in [2.75, 3.05) is 12.4 Å². The minimum atomic E-state index is -0.437. The van der Waals surface area contributed by atoms with Crippen LogP contribution in [-0.2, 0) is 9.59 Å². The highest BCUT2D eigenvalue weighted by molar-refractivity contribution is 6.45. The molecule has 0 spiro atoms. The highest BCUT2D eigenvalue weighted by Crippen LogP contribution is 2.34. The van der Waals surface area contributed by atoms with Gasteiger partial charge < -0.3 is 10.1 Å². The molecule has 0 unspecified atom stereocenters. The standard InChI is InChI=1S/C12H11Cl2N3O3/c1-20-10-5-6(13)9(4-7(10)14)15-12(19)8-2-3-11(18)17-16-8/h4-5H,2-3H2,1H3,(H,15,19)(H,17,18). The van der Waals surface area contributed by atoms with Crippen molar-refractivity contribution < 1.29 is 14.3 Å². The van der Waals surface area contributed by atoms with Crippen molar-refractivity contribution in [3.63, 3.8) is 0 Å². The number of nitrogens with one attached hydrogen (secondary N) is 2. The topological polar surface area (TPSA) is 79.8 Å². The van der Waals surface area contributed by atoms with E-state index in [1.54, 1.807) is 0 Å². The molecule has 0 aliphatic carbocycles. The first-order valence-electron chi connectivity index (χ1n) is 5.71. The van der Waals surface area contributed by atoms with Crippen LogP contribution in [-0.4, -0.2) is 24.6 Å². The van der Waals surface area contributed by atoms with Crippen LogP contribution in [0.15, 0.2) is 17.2 Å². The number of hydrogen-bond acceptors (Lipinski definition) is 4. The number of halogens is 2. The Bertz CT molecular complexity index is 602. The lowest BCUT2D eigenvalue weighted by atomic mass is 10.1. The molecule has 1 heterocycles. The number of anilines is 1. The van der Waals surface area contributed by atoms with E-state index in [9.17, 15) is 9.59 Å². The van der Waals surface area contributed by atoms with Crippen LogP contribution in [0.3, 0.4) is 0 Å². The number of carbonyl (C=O) groups is 2. The second kappa shape index (κ2) is 6.11. The minimum Gasteiger partial charge on any atom is -0.495 e. The largest absolute Gasteiger partial charge is 0.495 e. The van der Waals surface area contributed by atoms with E-state index in [1.807, 2.05) is 0 Å². The van der Waals surface area contributed by atoms with Gasteiger partial charge in [-0.3, -0.25) is 9.59 Å². The van der Waals surface area contributed by atoms with Crippen molar-refractivity contribution >= 4 is 46.4 Å². The van der Waals surface area contributed by atoms with Crippen LogP contribution < -0.4 is 15.5 Å². The zero-order valence-corrected chi connectivity index (χ0v) is 12.0. The summed E-state index contributed by atoms with van der Waals surface area (Å²) in [6, 6.07) is 2.99. The first-order chi connectivity index (χ1) is 9.51. The number of ether oxygens (including phenoxy) is 1. The van der Waals surface area contributed by atoms with E-state index in [0.717, 1.165) is 0 Å². The van der Waals surface area contributed by atoms with Crippen molar-refractivity contribution in [2.45, 2.75) is 12.8 Å². The van der Waals surface area contributed by atoms with Crippen LogP contribution in [0.2, 0.25) is 10.0 Å². The lowest BCUT2D eigenvalue weighted by Gasteiger charge is -2.13. The van der Waals surface area contributed by atoms with Gasteiger partial charge in [0.15, 0.2) is 0 Å². The first-order valence-corrected chi connectivity index (χ1v) is 6.46. The fourth-order valence-corrected chi connectivity index (χ4v) is 2.05. The number of rotatable bonds is 3. The number of carbonyl (C=O) groups excluding carboxylic acids is 2. The minimum absolute atomic E-state index is 0.216. The Kier molecular flexibility index (Phi) is 4.46. The van der Waals surface area contributed by atoms with E-state index < -0.39 is 5.91 Å². The molecule has 0 saturated carbocycles. The lowest BCUT2D eigenvalue weighted by Crippen LogP contribution is -2.32. The van der Waals surface area contributed by atoms with Crippen LogP contribution in [0, 0.1) is 0 Å². The van der Waals surface area contributed by atoms with Crippen molar-refractivity contribution in [1.29, 1.82) is 0 Å². The highest BCUT2D eigenvalue weighted by Gasteiger charge is 2.19. The maximum absolute atomic E-state index is 12.0. The summed E-state index contributed by atoms with van der Waals surface area (Å²) in [4.78, 5) is 22.9.